The van der Waals surface area contributed by atoms with Gasteiger partial charge >= 0.3 is 0 Å². The van der Waals surface area contributed by atoms with Crippen molar-refractivity contribution in [2.45, 2.75) is 25.7 Å². The molecule has 0 aliphatic carbocycles. The Morgan fingerprint density at radius 3 is 2.15 bits per heavy atom. The minimum atomic E-state index is 0.969. The number of unbranched alkanes of at least 4 members (excludes halogenated alkanes) is 1. The summed E-state index contributed by atoms with van der Waals surface area (Å²) in [7, 11) is 0. The van der Waals surface area contributed by atoms with Crippen LogP contribution < -0.4 is 4.90 Å². The highest BCUT2D eigenvalue weighted by molar-refractivity contribution is 5.79. The van der Waals surface area contributed by atoms with Gasteiger partial charge in [0.05, 0.1) is 17.1 Å². The highest BCUT2D eigenvalue weighted by atomic mass is 15.2. The van der Waals surface area contributed by atoms with E-state index >= 15 is 0 Å². The van der Waals surface area contributed by atoms with Crippen molar-refractivity contribution in [2.24, 2.45) is 0 Å². The molecular formula is C24H25N3. The van der Waals surface area contributed by atoms with Gasteiger partial charge in [0.2, 0.25) is 0 Å². The first-order valence-corrected chi connectivity index (χ1v) is 9.74. The maximum Gasteiger partial charge on any atom is 0.151 e. The largest absolute Gasteiger partial charge is 0.355 e. The standard InChI is InChI=1S/C24H25N3/c1-2-3-10-17-27-18-11-16-21-24(27)26-23(20-14-8-5-9-15-20)22(25-21)19-12-6-4-7-13-19/h2,4-9,12-15H,1,3,10-11,16-18H2. The first kappa shape index (κ1) is 17.5. The Labute approximate surface area is 161 Å². The molecule has 0 saturated carbocycles. The molecule has 0 unspecified atom stereocenters. The summed E-state index contributed by atoms with van der Waals surface area (Å²) in [6.45, 7) is 5.90. The average molecular weight is 355 g/mol. The van der Waals surface area contributed by atoms with Gasteiger partial charge in [0.1, 0.15) is 0 Å². The zero-order valence-electron chi connectivity index (χ0n) is 15.6. The SMILES string of the molecule is C=CCCCN1CCCc2nc(-c3ccccc3)c(-c3ccccc3)nc21. The lowest BCUT2D eigenvalue weighted by atomic mass is 10.0. The molecule has 136 valence electrons. The Hall–Kier alpha value is -2.94. The topological polar surface area (TPSA) is 29.0 Å². The van der Waals surface area contributed by atoms with E-state index in [0.717, 1.165) is 72.8 Å². The fourth-order valence-corrected chi connectivity index (χ4v) is 3.66. The molecule has 4 rings (SSSR count). The molecule has 3 aromatic rings. The van der Waals surface area contributed by atoms with Crippen LogP contribution in [0.5, 0.6) is 0 Å². The molecule has 0 saturated heterocycles. The van der Waals surface area contributed by atoms with Crippen molar-refractivity contribution >= 4 is 5.82 Å². The van der Waals surface area contributed by atoms with Crippen molar-refractivity contribution in [2.75, 3.05) is 18.0 Å². The number of hydrogen-bond donors (Lipinski definition) is 0. The molecule has 27 heavy (non-hydrogen) atoms. The molecular weight excluding hydrogens is 330 g/mol. The lowest BCUT2D eigenvalue weighted by molar-refractivity contribution is 0.647. The Morgan fingerprint density at radius 1 is 0.889 bits per heavy atom. The predicted molar refractivity (Wildman–Crippen MR) is 113 cm³/mol. The molecule has 2 heterocycles. The van der Waals surface area contributed by atoms with E-state index in [4.69, 9.17) is 9.97 Å². The van der Waals surface area contributed by atoms with Gasteiger partial charge in [-0.05, 0) is 25.7 Å². The number of rotatable bonds is 6. The zero-order valence-corrected chi connectivity index (χ0v) is 15.6. The van der Waals surface area contributed by atoms with Crippen molar-refractivity contribution in [1.82, 2.24) is 9.97 Å². The number of anilines is 1. The minimum Gasteiger partial charge on any atom is -0.355 e. The Balaban J connectivity index is 1.82. The van der Waals surface area contributed by atoms with Gasteiger partial charge in [0.25, 0.3) is 0 Å². The van der Waals surface area contributed by atoms with Crippen LogP contribution in [0.3, 0.4) is 0 Å². The Kier molecular flexibility index (Phi) is 5.29. The first-order valence-electron chi connectivity index (χ1n) is 9.74. The van der Waals surface area contributed by atoms with Gasteiger partial charge in [-0.3, -0.25) is 0 Å². The molecule has 2 aromatic carbocycles. The zero-order chi connectivity index (χ0) is 18.5. The van der Waals surface area contributed by atoms with Crippen molar-refractivity contribution in [3.63, 3.8) is 0 Å². The Bertz CT molecular complexity index is 904. The summed E-state index contributed by atoms with van der Waals surface area (Å²) in [5.74, 6) is 1.06. The van der Waals surface area contributed by atoms with Crippen LogP contribution in [-0.2, 0) is 6.42 Å². The van der Waals surface area contributed by atoms with Gasteiger partial charge in [-0.15, -0.1) is 6.58 Å². The molecule has 0 bridgehead atoms. The number of hydrogen-bond acceptors (Lipinski definition) is 3. The van der Waals surface area contributed by atoms with Gasteiger partial charge in [-0.25, -0.2) is 9.97 Å². The van der Waals surface area contributed by atoms with Gasteiger partial charge in [0, 0.05) is 24.2 Å². The number of allylic oxidation sites excluding steroid dienone is 1. The molecule has 0 amide bonds. The summed E-state index contributed by atoms with van der Waals surface area (Å²) in [4.78, 5) is 12.7. The third-order valence-electron chi connectivity index (χ3n) is 5.02. The Morgan fingerprint density at radius 2 is 1.52 bits per heavy atom. The number of nitrogens with zero attached hydrogens (tertiary/aromatic N) is 3. The third kappa shape index (κ3) is 3.77. The molecule has 1 aliphatic heterocycles. The van der Waals surface area contributed by atoms with E-state index in [9.17, 15) is 0 Å². The number of aromatic nitrogens is 2. The molecule has 1 aromatic heterocycles. The summed E-state index contributed by atoms with van der Waals surface area (Å²) >= 11 is 0. The molecule has 3 nitrogen and oxygen atoms in total. The average Bonchev–Trinajstić information content (AvgIpc) is 2.74. The highest BCUT2D eigenvalue weighted by Crippen LogP contribution is 2.34. The smallest absolute Gasteiger partial charge is 0.151 e. The maximum absolute atomic E-state index is 5.16. The summed E-state index contributed by atoms with van der Waals surface area (Å²) in [5.41, 5.74) is 5.31. The monoisotopic (exact) mass is 355 g/mol. The second-order valence-electron chi connectivity index (χ2n) is 6.94. The summed E-state index contributed by atoms with van der Waals surface area (Å²) in [6, 6.07) is 20.8. The van der Waals surface area contributed by atoms with Gasteiger partial charge < -0.3 is 4.90 Å². The predicted octanol–water partition coefficient (Wildman–Crippen LogP) is 5.53. The normalized spacial score (nSPS) is 13.3. The second-order valence-corrected chi connectivity index (χ2v) is 6.94. The van der Waals surface area contributed by atoms with Gasteiger partial charge in [-0.1, -0.05) is 66.7 Å². The van der Waals surface area contributed by atoms with Gasteiger partial charge in [-0.2, -0.15) is 0 Å². The van der Waals surface area contributed by atoms with Crippen molar-refractivity contribution < 1.29 is 0 Å². The van der Waals surface area contributed by atoms with E-state index in [1.165, 1.54) is 0 Å². The first-order chi connectivity index (χ1) is 13.4. The highest BCUT2D eigenvalue weighted by Gasteiger charge is 2.23. The van der Waals surface area contributed by atoms with Crippen LogP contribution in [-0.4, -0.2) is 23.1 Å². The van der Waals surface area contributed by atoms with E-state index in [0.29, 0.717) is 0 Å². The quantitative estimate of drug-likeness (QED) is 0.430. The maximum atomic E-state index is 5.16. The van der Waals surface area contributed by atoms with Crippen LogP contribution in [0, 0.1) is 0 Å². The molecule has 0 N–H and O–H groups in total. The third-order valence-corrected chi connectivity index (χ3v) is 5.02. The van der Waals surface area contributed by atoms with Crippen LogP contribution in [0.2, 0.25) is 0 Å². The molecule has 0 radical (unpaired) electrons. The molecule has 0 spiro atoms. The van der Waals surface area contributed by atoms with Crippen molar-refractivity contribution in [3.8, 4) is 22.5 Å². The van der Waals surface area contributed by atoms with Crippen LogP contribution in [0.4, 0.5) is 5.82 Å². The number of benzene rings is 2. The second kappa shape index (κ2) is 8.17. The summed E-state index contributed by atoms with van der Waals surface area (Å²) < 4.78 is 0. The lowest BCUT2D eigenvalue weighted by Crippen LogP contribution is -2.32. The summed E-state index contributed by atoms with van der Waals surface area (Å²) in [5, 5.41) is 0. The van der Waals surface area contributed by atoms with Crippen LogP contribution in [0.25, 0.3) is 22.5 Å². The van der Waals surface area contributed by atoms with E-state index in [1.54, 1.807) is 0 Å². The van der Waals surface area contributed by atoms with Gasteiger partial charge in [0.15, 0.2) is 5.82 Å². The molecule has 3 heteroatoms. The molecule has 0 atom stereocenters. The van der Waals surface area contributed by atoms with Crippen molar-refractivity contribution in [3.05, 3.63) is 79.0 Å². The minimum absolute atomic E-state index is 0.969. The fourth-order valence-electron chi connectivity index (χ4n) is 3.66. The van der Waals surface area contributed by atoms with Crippen molar-refractivity contribution in [1.29, 1.82) is 0 Å². The van der Waals surface area contributed by atoms with Crippen LogP contribution in [0.15, 0.2) is 73.3 Å². The fraction of sp³-hybridized carbons (Fsp3) is 0.250. The summed E-state index contributed by atoms with van der Waals surface area (Å²) in [6.07, 6.45) is 6.26. The van der Waals surface area contributed by atoms with E-state index in [-0.39, 0.29) is 0 Å². The molecule has 0 fully saturated rings. The molecule has 1 aliphatic rings. The lowest BCUT2D eigenvalue weighted by Gasteiger charge is -2.30. The number of fused-ring (bicyclic) bond motifs is 1. The van der Waals surface area contributed by atoms with Crippen LogP contribution in [0.1, 0.15) is 25.0 Å². The number of aryl methyl sites for hydroxylation is 1. The van der Waals surface area contributed by atoms with E-state index < -0.39 is 0 Å². The van der Waals surface area contributed by atoms with E-state index in [1.807, 2.05) is 18.2 Å². The van der Waals surface area contributed by atoms with E-state index in [2.05, 4.69) is 60.0 Å². The van der Waals surface area contributed by atoms with Crippen LogP contribution >= 0.6 is 0 Å².